The van der Waals surface area contributed by atoms with Gasteiger partial charge in [0.15, 0.2) is 12.2 Å². The van der Waals surface area contributed by atoms with Crippen LogP contribution in [0, 0.1) is 0 Å². The first-order chi connectivity index (χ1) is 10.7. The Morgan fingerprint density at radius 2 is 2.32 bits per heavy atom. The number of aliphatic hydroxyl groups excluding tert-OH is 1. The molecular weight excluding hydrogens is 282 g/mol. The fourth-order valence-electron chi connectivity index (χ4n) is 2.67. The number of nitrogens with zero attached hydrogens (tertiary/aromatic N) is 2. The van der Waals surface area contributed by atoms with Crippen LogP contribution in [0.3, 0.4) is 0 Å². The minimum absolute atomic E-state index is 0.303. The van der Waals surface area contributed by atoms with Crippen LogP contribution in [0.2, 0.25) is 0 Å². The third kappa shape index (κ3) is 3.65. The Kier molecular flexibility index (Phi) is 4.72. The Morgan fingerprint density at radius 1 is 1.41 bits per heavy atom. The van der Waals surface area contributed by atoms with Gasteiger partial charge in [0.25, 0.3) is 0 Å². The Labute approximate surface area is 129 Å². The molecule has 1 aliphatic heterocycles. The highest BCUT2D eigenvalue weighted by Crippen LogP contribution is 2.24. The Morgan fingerprint density at radius 3 is 3.09 bits per heavy atom. The van der Waals surface area contributed by atoms with Gasteiger partial charge in [-0.05, 0) is 29.7 Å². The summed E-state index contributed by atoms with van der Waals surface area (Å²) in [6.45, 7) is 3.08. The van der Waals surface area contributed by atoms with Crippen molar-refractivity contribution >= 4 is 0 Å². The maximum atomic E-state index is 9.66. The number of benzene rings is 1. The quantitative estimate of drug-likeness (QED) is 0.826. The van der Waals surface area contributed by atoms with E-state index < -0.39 is 6.10 Å². The van der Waals surface area contributed by atoms with E-state index in [2.05, 4.69) is 22.0 Å². The molecule has 0 radical (unpaired) electrons. The minimum atomic E-state index is -0.453. The average Bonchev–Trinajstić information content (AvgIpc) is 3.06. The van der Waals surface area contributed by atoms with Crippen molar-refractivity contribution in [1.29, 1.82) is 0 Å². The van der Waals surface area contributed by atoms with Crippen LogP contribution in [0.1, 0.15) is 16.9 Å². The molecule has 118 valence electrons. The van der Waals surface area contributed by atoms with Crippen molar-refractivity contribution < 1.29 is 14.3 Å². The summed E-state index contributed by atoms with van der Waals surface area (Å²) in [5, 5.41) is 9.66. The maximum Gasteiger partial charge on any atom is 0.181 e. The standard InChI is InChI=1S/C16H21N3O3/c17-6-14(20)9-19-4-3-12-5-15(2-1-13(12)8-19)21-10-16-7-18-11-22-16/h1-2,5,7,11,14,20H,3-4,6,8-10,17H2. The molecule has 0 aliphatic carbocycles. The number of hydrogen-bond donors (Lipinski definition) is 2. The van der Waals surface area contributed by atoms with E-state index in [1.54, 1.807) is 6.20 Å². The number of ether oxygens (including phenoxy) is 1. The van der Waals surface area contributed by atoms with Crippen LogP contribution >= 0.6 is 0 Å². The van der Waals surface area contributed by atoms with Crippen molar-refractivity contribution in [3.05, 3.63) is 47.7 Å². The van der Waals surface area contributed by atoms with E-state index >= 15 is 0 Å². The van der Waals surface area contributed by atoms with Gasteiger partial charge in [-0.1, -0.05) is 6.07 Å². The molecule has 1 atom stereocenters. The van der Waals surface area contributed by atoms with Crippen LogP contribution in [0.15, 0.2) is 35.2 Å². The molecule has 0 amide bonds. The molecule has 1 aliphatic rings. The monoisotopic (exact) mass is 303 g/mol. The lowest BCUT2D eigenvalue weighted by molar-refractivity contribution is 0.111. The van der Waals surface area contributed by atoms with Gasteiger partial charge in [0.2, 0.25) is 0 Å². The zero-order valence-electron chi connectivity index (χ0n) is 12.4. The van der Waals surface area contributed by atoms with Crippen molar-refractivity contribution in [1.82, 2.24) is 9.88 Å². The Balaban J connectivity index is 1.60. The molecule has 1 aromatic carbocycles. The highest BCUT2D eigenvalue weighted by molar-refractivity contribution is 5.37. The van der Waals surface area contributed by atoms with Crippen LogP contribution in [0.5, 0.6) is 5.75 Å². The number of rotatable bonds is 6. The lowest BCUT2D eigenvalue weighted by Crippen LogP contribution is -2.39. The lowest BCUT2D eigenvalue weighted by Gasteiger charge is -2.30. The molecule has 1 aromatic heterocycles. The van der Waals surface area contributed by atoms with E-state index in [9.17, 15) is 5.11 Å². The molecule has 6 nitrogen and oxygen atoms in total. The van der Waals surface area contributed by atoms with Gasteiger partial charge >= 0.3 is 0 Å². The van der Waals surface area contributed by atoms with Crippen molar-refractivity contribution in [3.8, 4) is 5.75 Å². The molecule has 2 aromatic rings. The summed E-state index contributed by atoms with van der Waals surface area (Å²) in [5.41, 5.74) is 8.05. The van der Waals surface area contributed by atoms with Crippen molar-refractivity contribution in [3.63, 3.8) is 0 Å². The highest BCUT2D eigenvalue weighted by Gasteiger charge is 2.18. The summed E-state index contributed by atoms with van der Waals surface area (Å²) < 4.78 is 10.9. The van der Waals surface area contributed by atoms with Crippen LogP contribution in [0.25, 0.3) is 0 Å². The van der Waals surface area contributed by atoms with Gasteiger partial charge in [0.05, 0.1) is 12.3 Å². The molecule has 3 N–H and O–H groups in total. The van der Waals surface area contributed by atoms with Gasteiger partial charge in [-0.2, -0.15) is 0 Å². The SMILES string of the molecule is NCC(O)CN1CCc2cc(OCc3cnco3)ccc2C1. The van der Waals surface area contributed by atoms with E-state index in [1.165, 1.54) is 17.5 Å². The first-order valence-corrected chi connectivity index (χ1v) is 7.47. The smallest absolute Gasteiger partial charge is 0.181 e. The van der Waals surface area contributed by atoms with Crippen LogP contribution in [-0.2, 0) is 19.6 Å². The molecule has 3 rings (SSSR count). The number of aromatic nitrogens is 1. The predicted octanol–water partition coefficient (Wildman–Crippen LogP) is 0.931. The molecule has 0 saturated carbocycles. The van der Waals surface area contributed by atoms with Gasteiger partial charge in [0, 0.05) is 26.2 Å². The second kappa shape index (κ2) is 6.91. The molecule has 1 unspecified atom stereocenters. The van der Waals surface area contributed by atoms with Crippen LogP contribution in [-0.4, -0.2) is 40.7 Å². The third-order valence-electron chi connectivity index (χ3n) is 3.87. The normalized spacial score (nSPS) is 16.3. The average molecular weight is 303 g/mol. The van der Waals surface area contributed by atoms with Gasteiger partial charge in [-0.25, -0.2) is 4.98 Å². The first-order valence-electron chi connectivity index (χ1n) is 7.47. The summed E-state index contributed by atoms with van der Waals surface area (Å²) in [5.74, 6) is 1.55. The number of hydrogen-bond acceptors (Lipinski definition) is 6. The maximum absolute atomic E-state index is 9.66. The number of nitrogens with two attached hydrogens (primary N) is 1. The summed E-state index contributed by atoms with van der Waals surface area (Å²) in [7, 11) is 0. The number of fused-ring (bicyclic) bond motifs is 1. The zero-order chi connectivity index (χ0) is 15.4. The van der Waals surface area contributed by atoms with Crippen molar-refractivity contribution in [2.75, 3.05) is 19.6 Å². The van der Waals surface area contributed by atoms with E-state index in [1.807, 2.05) is 6.07 Å². The van der Waals surface area contributed by atoms with Gasteiger partial charge < -0.3 is 20.0 Å². The first kappa shape index (κ1) is 15.0. The fraction of sp³-hybridized carbons (Fsp3) is 0.438. The van der Waals surface area contributed by atoms with Gasteiger partial charge in [0.1, 0.15) is 12.4 Å². The topological polar surface area (TPSA) is 84.8 Å². The summed E-state index contributed by atoms with van der Waals surface area (Å²) in [6, 6.07) is 6.15. The van der Waals surface area contributed by atoms with Gasteiger partial charge in [-0.3, -0.25) is 4.90 Å². The number of β-amino-alcohol motifs (C(OH)–C–C–N with tert-alkyl or cyclic N) is 1. The van der Waals surface area contributed by atoms with E-state index in [-0.39, 0.29) is 0 Å². The lowest BCUT2D eigenvalue weighted by atomic mass is 9.99. The largest absolute Gasteiger partial charge is 0.486 e. The summed E-state index contributed by atoms with van der Waals surface area (Å²) in [6.07, 6.45) is 3.55. The second-order valence-electron chi connectivity index (χ2n) is 5.56. The van der Waals surface area contributed by atoms with Crippen molar-refractivity contribution in [2.24, 2.45) is 5.73 Å². The Bertz CT molecular complexity index is 601. The van der Waals surface area contributed by atoms with E-state index in [0.29, 0.717) is 25.5 Å². The molecular formula is C16H21N3O3. The molecule has 0 spiro atoms. The predicted molar refractivity (Wildman–Crippen MR) is 81.3 cm³/mol. The molecule has 22 heavy (non-hydrogen) atoms. The summed E-state index contributed by atoms with van der Waals surface area (Å²) in [4.78, 5) is 6.09. The molecule has 6 heteroatoms. The highest BCUT2D eigenvalue weighted by atomic mass is 16.5. The zero-order valence-corrected chi connectivity index (χ0v) is 12.4. The van der Waals surface area contributed by atoms with Gasteiger partial charge in [-0.15, -0.1) is 0 Å². The third-order valence-corrected chi connectivity index (χ3v) is 3.87. The van der Waals surface area contributed by atoms with E-state index in [0.717, 1.165) is 25.3 Å². The fourth-order valence-corrected chi connectivity index (χ4v) is 2.67. The molecule has 0 fully saturated rings. The number of oxazole rings is 1. The summed E-state index contributed by atoms with van der Waals surface area (Å²) >= 11 is 0. The molecule has 2 heterocycles. The molecule has 0 bridgehead atoms. The van der Waals surface area contributed by atoms with Crippen LogP contribution < -0.4 is 10.5 Å². The van der Waals surface area contributed by atoms with Crippen molar-refractivity contribution in [2.45, 2.75) is 25.7 Å². The minimum Gasteiger partial charge on any atom is -0.486 e. The second-order valence-corrected chi connectivity index (χ2v) is 5.56. The molecule has 0 saturated heterocycles. The Hall–Kier alpha value is -1.89. The van der Waals surface area contributed by atoms with E-state index in [4.69, 9.17) is 14.9 Å². The number of aliphatic hydroxyl groups is 1. The van der Waals surface area contributed by atoms with Crippen LogP contribution in [0.4, 0.5) is 0 Å².